The van der Waals surface area contributed by atoms with Crippen molar-refractivity contribution in [2.75, 3.05) is 12.3 Å². The van der Waals surface area contributed by atoms with E-state index in [2.05, 4.69) is 15.5 Å². The first-order chi connectivity index (χ1) is 13.1. The molecule has 0 N–H and O–H groups in total. The molecule has 0 bridgehead atoms. The Bertz CT molecular complexity index is 935. The minimum absolute atomic E-state index is 0.0765. The number of carbonyl (C=O) groups excluding carboxylic acids is 1. The summed E-state index contributed by atoms with van der Waals surface area (Å²) in [6.07, 6.45) is 0. The van der Waals surface area contributed by atoms with Crippen LogP contribution in [0.2, 0.25) is 5.02 Å². The second-order valence-corrected chi connectivity index (χ2v) is 7.06. The number of hydrogen-bond acceptors (Lipinski definition) is 5. The van der Waals surface area contributed by atoms with Crippen LogP contribution < -0.4 is 0 Å². The van der Waals surface area contributed by atoms with E-state index >= 15 is 0 Å². The SMILES string of the molecule is CCN(Cc1cccc(F)c1)C(=O)CSc1nnnn1-c1cccc(Cl)c1. The number of hydrogen-bond donors (Lipinski definition) is 0. The highest BCUT2D eigenvalue weighted by atomic mass is 35.5. The van der Waals surface area contributed by atoms with Gasteiger partial charge in [-0.3, -0.25) is 4.79 Å². The Kier molecular flexibility index (Phi) is 6.41. The second-order valence-electron chi connectivity index (χ2n) is 5.68. The average molecular weight is 406 g/mol. The molecule has 0 saturated heterocycles. The molecule has 0 aliphatic rings. The fourth-order valence-corrected chi connectivity index (χ4v) is 3.47. The smallest absolute Gasteiger partial charge is 0.233 e. The molecule has 0 aliphatic carbocycles. The summed E-state index contributed by atoms with van der Waals surface area (Å²) in [6, 6.07) is 13.4. The van der Waals surface area contributed by atoms with Gasteiger partial charge in [-0.1, -0.05) is 41.6 Å². The summed E-state index contributed by atoms with van der Waals surface area (Å²) in [5, 5.41) is 12.7. The van der Waals surface area contributed by atoms with Crippen molar-refractivity contribution >= 4 is 29.3 Å². The second kappa shape index (κ2) is 8.96. The molecule has 6 nitrogen and oxygen atoms in total. The summed E-state index contributed by atoms with van der Waals surface area (Å²) < 4.78 is 14.9. The molecule has 1 amide bonds. The summed E-state index contributed by atoms with van der Waals surface area (Å²) in [6.45, 7) is 2.76. The Labute approximate surface area is 165 Å². The van der Waals surface area contributed by atoms with Crippen LogP contribution in [-0.2, 0) is 11.3 Å². The maximum atomic E-state index is 13.3. The molecule has 2 aromatic carbocycles. The Morgan fingerprint density at radius 2 is 2.07 bits per heavy atom. The number of rotatable bonds is 7. The van der Waals surface area contributed by atoms with Gasteiger partial charge in [0, 0.05) is 18.1 Å². The van der Waals surface area contributed by atoms with E-state index < -0.39 is 0 Å². The monoisotopic (exact) mass is 405 g/mol. The van der Waals surface area contributed by atoms with Gasteiger partial charge in [-0.15, -0.1) is 5.10 Å². The van der Waals surface area contributed by atoms with Gasteiger partial charge in [0.25, 0.3) is 0 Å². The van der Waals surface area contributed by atoms with E-state index in [0.29, 0.717) is 23.3 Å². The minimum atomic E-state index is -0.314. The van der Waals surface area contributed by atoms with Crippen LogP contribution in [-0.4, -0.2) is 43.3 Å². The Morgan fingerprint density at radius 1 is 1.26 bits per heavy atom. The summed E-state index contributed by atoms with van der Waals surface area (Å²) in [5.74, 6) is -0.220. The van der Waals surface area contributed by atoms with Crippen molar-refractivity contribution in [3.05, 3.63) is 64.9 Å². The Hall–Kier alpha value is -2.45. The molecular weight excluding hydrogens is 389 g/mol. The van der Waals surface area contributed by atoms with Crippen LogP contribution >= 0.6 is 23.4 Å². The zero-order chi connectivity index (χ0) is 19.2. The maximum absolute atomic E-state index is 13.3. The highest BCUT2D eigenvalue weighted by molar-refractivity contribution is 7.99. The van der Waals surface area contributed by atoms with Gasteiger partial charge in [0.2, 0.25) is 11.1 Å². The molecule has 0 saturated carbocycles. The van der Waals surface area contributed by atoms with Gasteiger partial charge in [0.1, 0.15) is 5.82 Å². The van der Waals surface area contributed by atoms with Crippen LogP contribution in [0.3, 0.4) is 0 Å². The molecule has 1 aromatic heterocycles. The molecule has 0 radical (unpaired) electrons. The van der Waals surface area contributed by atoms with Crippen molar-refractivity contribution in [2.24, 2.45) is 0 Å². The number of amides is 1. The largest absolute Gasteiger partial charge is 0.338 e. The predicted molar refractivity (Wildman–Crippen MR) is 102 cm³/mol. The number of halogens is 2. The molecule has 3 rings (SSSR count). The molecule has 0 spiro atoms. The summed E-state index contributed by atoms with van der Waals surface area (Å²) in [4.78, 5) is 14.2. The molecule has 3 aromatic rings. The third-order valence-corrected chi connectivity index (χ3v) is 4.95. The first-order valence-corrected chi connectivity index (χ1v) is 9.62. The van der Waals surface area contributed by atoms with E-state index in [0.717, 1.165) is 11.3 Å². The predicted octanol–water partition coefficient (Wildman–Crippen LogP) is 3.60. The average Bonchev–Trinajstić information content (AvgIpc) is 3.13. The molecule has 140 valence electrons. The zero-order valence-electron chi connectivity index (χ0n) is 14.5. The first kappa shape index (κ1) is 19.3. The van der Waals surface area contributed by atoms with E-state index in [1.807, 2.05) is 13.0 Å². The number of tetrazole rings is 1. The van der Waals surface area contributed by atoms with Crippen molar-refractivity contribution in [1.29, 1.82) is 0 Å². The molecule has 1 heterocycles. The lowest BCUT2D eigenvalue weighted by atomic mass is 10.2. The lowest BCUT2D eigenvalue weighted by molar-refractivity contribution is -0.128. The van der Waals surface area contributed by atoms with Crippen molar-refractivity contribution in [3.8, 4) is 5.69 Å². The zero-order valence-corrected chi connectivity index (χ0v) is 16.1. The summed E-state index contributed by atoms with van der Waals surface area (Å²) >= 11 is 7.25. The van der Waals surface area contributed by atoms with Gasteiger partial charge in [-0.2, -0.15) is 4.68 Å². The number of thioether (sulfide) groups is 1. The fraction of sp³-hybridized carbons (Fsp3) is 0.222. The molecule has 0 unspecified atom stereocenters. The first-order valence-electron chi connectivity index (χ1n) is 8.26. The number of nitrogens with zero attached hydrogens (tertiary/aromatic N) is 5. The third kappa shape index (κ3) is 5.05. The normalized spacial score (nSPS) is 10.8. The topological polar surface area (TPSA) is 63.9 Å². The van der Waals surface area contributed by atoms with E-state index in [9.17, 15) is 9.18 Å². The number of aromatic nitrogens is 4. The van der Waals surface area contributed by atoms with Crippen LogP contribution in [0.5, 0.6) is 0 Å². The minimum Gasteiger partial charge on any atom is -0.338 e. The molecule has 0 atom stereocenters. The van der Waals surface area contributed by atoms with Crippen molar-refractivity contribution in [1.82, 2.24) is 25.1 Å². The highest BCUT2D eigenvalue weighted by Gasteiger charge is 2.16. The lowest BCUT2D eigenvalue weighted by Crippen LogP contribution is -2.31. The summed E-state index contributed by atoms with van der Waals surface area (Å²) in [7, 11) is 0. The van der Waals surface area contributed by atoms with Crippen molar-refractivity contribution in [3.63, 3.8) is 0 Å². The van der Waals surface area contributed by atoms with E-state index in [-0.39, 0.29) is 17.5 Å². The number of benzene rings is 2. The molecule has 27 heavy (non-hydrogen) atoms. The summed E-state index contributed by atoms with van der Waals surface area (Å²) in [5.41, 5.74) is 1.47. The van der Waals surface area contributed by atoms with Crippen molar-refractivity contribution in [2.45, 2.75) is 18.6 Å². The van der Waals surface area contributed by atoms with Crippen LogP contribution in [0, 0.1) is 5.82 Å². The highest BCUT2D eigenvalue weighted by Crippen LogP contribution is 2.21. The van der Waals surface area contributed by atoms with Gasteiger partial charge in [-0.25, -0.2) is 4.39 Å². The van der Waals surface area contributed by atoms with Crippen LogP contribution in [0.25, 0.3) is 5.69 Å². The van der Waals surface area contributed by atoms with Crippen LogP contribution in [0.1, 0.15) is 12.5 Å². The van der Waals surface area contributed by atoms with Gasteiger partial charge in [0.15, 0.2) is 0 Å². The Morgan fingerprint density at radius 3 is 2.81 bits per heavy atom. The van der Waals surface area contributed by atoms with Gasteiger partial charge >= 0.3 is 0 Å². The lowest BCUT2D eigenvalue weighted by Gasteiger charge is -2.20. The van der Waals surface area contributed by atoms with Gasteiger partial charge < -0.3 is 4.90 Å². The van der Waals surface area contributed by atoms with E-state index in [1.54, 1.807) is 35.2 Å². The molecule has 0 fully saturated rings. The maximum Gasteiger partial charge on any atom is 0.233 e. The quantitative estimate of drug-likeness (QED) is 0.562. The molecule has 9 heteroatoms. The van der Waals surface area contributed by atoms with Crippen LogP contribution in [0.15, 0.2) is 53.7 Å². The Balaban J connectivity index is 1.66. The van der Waals surface area contributed by atoms with Crippen molar-refractivity contribution < 1.29 is 9.18 Å². The van der Waals surface area contributed by atoms with Gasteiger partial charge in [0.05, 0.1) is 11.4 Å². The fourth-order valence-electron chi connectivity index (χ4n) is 2.49. The van der Waals surface area contributed by atoms with Crippen LogP contribution in [0.4, 0.5) is 4.39 Å². The molecular formula is C18H17ClFN5OS. The standard InChI is InChI=1S/C18H17ClFN5OS/c1-2-24(11-13-5-3-7-15(20)9-13)17(26)12-27-18-21-22-23-25(18)16-8-4-6-14(19)10-16/h3-10H,2,11-12H2,1H3. The number of carbonyl (C=O) groups is 1. The third-order valence-electron chi connectivity index (χ3n) is 3.82. The van der Waals surface area contributed by atoms with Gasteiger partial charge in [-0.05, 0) is 53.2 Å². The molecule has 0 aliphatic heterocycles. The van der Waals surface area contributed by atoms with E-state index in [1.165, 1.54) is 28.6 Å². The van der Waals surface area contributed by atoms with E-state index in [4.69, 9.17) is 11.6 Å².